The molecule has 1 aliphatic carbocycles. The van der Waals surface area contributed by atoms with E-state index in [0.29, 0.717) is 28.9 Å². The molecule has 28 heavy (non-hydrogen) atoms. The normalized spacial score (nSPS) is 21.5. The van der Waals surface area contributed by atoms with Crippen molar-refractivity contribution in [3.63, 3.8) is 0 Å². The maximum atomic E-state index is 12.1. The van der Waals surface area contributed by atoms with Gasteiger partial charge in [0.05, 0.1) is 7.11 Å². The minimum atomic E-state index is -0.655. The van der Waals surface area contributed by atoms with Gasteiger partial charge in [-0.2, -0.15) is 0 Å². The lowest BCUT2D eigenvalue weighted by Gasteiger charge is -2.34. The summed E-state index contributed by atoms with van der Waals surface area (Å²) in [5.74, 6) is 0.580. The number of hydrogen-bond donors (Lipinski definition) is 1. The number of ketones is 1. The van der Waals surface area contributed by atoms with E-state index in [1.54, 1.807) is 18.2 Å². The van der Waals surface area contributed by atoms with Gasteiger partial charge in [-0.25, -0.2) is 4.79 Å². The third kappa shape index (κ3) is 5.97. The standard InChI is InChI=1S/C21H29NO6/c1-13-6-5-7-17(14(13)2)22-20(24)11-28-21(25)12-27-18-9-8-16(15(3)23)10-19(18)26-4/h8-10,13-14,17H,5-7,11-12H2,1-4H3,(H,22,24)/t13-,14-,17+/m1/s1. The van der Waals surface area contributed by atoms with Crippen LogP contribution >= 0.6 is 0 Å². The van der Waals surface area contributed by atoms with E-state index in [-0.39, 0.29) is 30.9 Å². The Kier molecular flexibility index (Phi) is 7.84. The zero-order chi connectivity index (χ0) is 20.7. The van der Waals surface area contributed by atoms with Gasteiger partial charge in [-0.1, -0.05) is 26.7 Å². The molecule has 1 saturated carbocycles. The summed E-state index contributed by atoms with van der Waals surface area (Å²) in [6, 6.07) is 4.81. The molecule has 1 aromatic carbocycles. The number of benzene rings is 1. The molecule has 0 saturated heterocycles. The first kappa shape index (κ1) is 21.7. The van der Waals surface area contributed by atoms with E-state index >= 15 is 0 Å². The fourth-order valence-electron chi connectivity index (χ4n) is 3.36. The second-order valence-electron chi connectivity index (χ2n) is 7.31. The molecule has 0 bridgehead atoms. The zero-order valence-corrected chi connectivity index (χ0v) is 16.9. The molecule has 0 spiro atoms. The molecular weight excluding hydrogens is 362 g/mol. The third-order valence-electron chi connectivity index (χ3n) is 5.33. The van der Waals surface area contributed by atoms with Gasteiger partial charge in [0, 0.05) is 11.6 Å². The van der Waals surface area contributed by atoms with Crippen LogP contribution in [0.25, 0.3) is 0 Å². The lowest BCUT2D eigenvalue weighted by Crippen LogP contribution is -2.45. The average Bonchev–Trinajstić information content (AvgIpc) is 2.68. The number of nitrogens with one attached hydrogen (secondary N) is 1. The summed E-state index contributed by atoms with van der Waals surface area (Å²) in [4.78, 5) is 35.4. The molecule has 0 radical (unpaired) electrons. The molecule has 1 amide bonds. The molecule has 1 aliphatic rings. The molecule has 1 aromatic rings. The first-order chi connectivity index (χ1) is 13.3. The maximum absolute atomic E-state index is 12.1. The number of rotatable bonds is 8. The SMILES string of the molecule is COc1cc(C(C)=O)ccc1OCC(=O)OCC(=O)N[C@H]1CCC[C@@H](C)[C@H]1C. The smallest absolute Gasteiger partial charge is 0.344 e. The Bertz CT molecular complexity index is 717. The number of ether oxygens (including phenoxy) is 3. The van der Waals surface area contributed by atoms with Gasteiger partial charge in [-0.15, -0.1) is 0 Å². The fourth-order valence-corrected chi connectivity index (χ4v) is 3.36. The van der Waals surface area contributed by atoms with Crippen molar-refractivity contribution in [3.05, 3.63) is 23.8 Å². The van der Waals surface area contributed by atoms with Crippen LogP contribution in [0.3, 0.4) is 0 Å². The topological polar surface area (TPSA) is 90.9 Å². The average molecular weight is 391 g/mol. The second kappa shape index (κ2) is 10.1. The summed E-state index contributed by atoms with van der Waals surface area (Å²) in [5.41, 5.74) is 0.481. The van der Waals surface area contributed by atoms with E-state index in [4.69, 9.17) is 14.2 Å². The number of carbonyl (C=O) groups is 3. The van der Waals surface area contributed by atoms with E-state index in [2.05, 4.69) is 19.2 Å². The van der Waals surface area contributed by atoms with Crippen LogP contribution in [0.2, 0.25) is 0 Å². The van der Waals surface area contributed by atoms with Crippen LogP contribution < -0.4 is 14.8 Å². The Balaban J connectivity index is 1.78. The molecule has 154 valence electrons. The molecule has 7 nitrogen and oxygen atoms in total. The maximum Gasteiger partial charge on any atom is 0.344 e. The van der Waals surface area contributed by atoms with Crippen LogP contribution in [0.15, 0.2) is 18.2 Å². The quantitative estimate of drug-likeness (QED) is 0.541. The summed E-state index contributed by atoms with van der Waals surface area (Å²) in [5, 5.41) is 2.95. The summed E-state index contributed by atoms with van der Waals surface area (Å²) in [7, 11) is 1.45. The Morgan fingerprint density at radius 2 is 1.86 bits per heavy atom. The zero-order valence-electron chi connectivity index (χ0n) is 16.9. The number of esters is 1. The summed E-state index contributed by atoms with van der Waals surface area (Å²) >= 11 is 0. The first-order valence-electron chi connectivity index (χ1n) is 9.58. The van der Waals surface area contributed by atoms with Crippen LogP contribution in [-0.2, 0) is 14.3 Å². The fraction of sp³-hybridized carbons (Fsp3) is 0.571. The van der Waals surface area contributed by atoms with Crippen molar-refractivity contribution < 1.29 is 28.6 Å². The van der Waals surface area contributed by atoms with Crippen LogP contribution in [0.1, 0.15) is 50.4 Å². The van der Waals surface area contributed by atoms with E-state index in [1.807, 2.05) is 0 Å². The monoisotopic (exact) mass is 391 g/mol. The minimum Gasteiger partial charge on any atom is -0.493 e. The van der Waals surface area contributed by atoms with Gasteiger partial charge in [0.2, 0.25) is 0 Å². The molecule has 0 unspecified atom stereocenters. The van der Waals surface area contributed by atoms with Crippen molar-refractivity contribution in [1.29, 1.82) is 0 Å². The second-order valence-corrected chi connectivity index (χ2v) is 7.31. The molecule has 0 aromatic heterocycles. The van der Waals surface area contributed by atoms with Gasteiger partial charge in [-0.05, 0) is 43.4 Å². The van der Waals surface area contributed by atoms with E-state index < -0.39 is 5.97 Å². The minimum absolute atomic E-state index is 0.100. The number of hydrogen-bond acceptors (Lipinski definition) is 6. The molecule has 3 atom stereocenters. The van der Waals surface area contributed by atoms with Gasteiger partial charge < -0.3 is 19.5 Å². The van der Waals surface area contributed by atoms with E-state index in [0.717, 1.165) is 12.8 Å². The van der Waals surface area contributed by atoms with Gasteiger partial charge in [-0.3, -0.25) is 9.59 Å². The molecule has 1 N–H and O–H groups in total. The lowest BCUT2D eigenvalue weighted by atomic mass is 9.78. The number of carbonyl (C=O) groups excluding carboxylic acids is 3. The molecular formula is C21H29NO6. The van der Waals surface area contributed by atoms with E-state index in [1.165, 1.54) is 20.5 Å². The van der Waals surface area contributed by atoms with Crippen LogP contribution in [0, 0.1) is 11.8 Å². The third-order valence-corrected chi connectivity index (χ3v) is 5.33. The highest BCUT2D eigenvalue weighted by atomic mass is 16.6. The molecule has 0 aliphatic heterocycles. The Labute approximate surface area is 165 Å². The number of methoxy groups -OCH3 is 1. The molecule has 0 heterocycles. The van der Waals surface area contributed by atoms with Crippen LogP contribution in [0.4, 0.5) is 0 Å². The highest BCUT2D eigenvalue weighted by Gasteiger charge is 2.28. The Morgan fingerprint density at radius 3 is 2.54 bits per heavy atom. The van der Waals surface area contributed by atoms with Crippen LogP contribution in [0.5, 0.6) is 11.5 Å². The highest BCUT2D eigenvalue weighted by molar-refractivity contribution is 5.94. The Hall–Kier alpha value is -2.57. The largest absolute Gasteiger partial charge is 0.493 e. The van der Waals surface area contributed by atoms with Crippen molar-refractivity contribution in [1.82, 2.24) is 5.32 Å². The summed E-state index contributed by atoms with van der Waals surface area (Å²) in [6.07, 6.45) is 3.22. The van der Waals surface area contributed by atoms with Crippen molar-refractivity contribution in [2.75, 3.05) is 20.3 Å². The van der Waals surface area contributed by atoms with Crippen molar-refractivity contribution >= 4 is 17.7 Å². The predicted octanol–water partition coefficient (Wildman–Crippen LogP) is 2.76. The summed E-state index contributed by atoms with van der Waals surface area (Å²) in [6.45, 7) is 5.09. The van der Waals surface area contributed by atoms with Gasteiger partial charge in [0.15, 0.2) is 30.5 Å². The van der Waals surface area contributed by atoms with E-state index in [9.17, 15) is 14.4 Å². The first-order valence-corrected chi connectivity index (χ1v) is 9.58. The molecule has 7 heteroatoms. The van der Waals surface area contributed by atoms with Gasteiger partial charge in [0.1, 0.15) is 0 Å². The van der Waals surface area contributed by atoms with Crippen molar-refractivity contribution in [2.24, 2.45) is 11.8 Å². The van der Waals surface area contributed by atoms with Gasteiger partial charge in [0.25, 0.3) is 5.91 Å². The highest BCUT2D eigenvalue weighted by Crippen LogP contribution is 2.29. The Morgan fingerprint density at radius 1 is 1.11 bits per heavy atom. The number of amides is 1. The van der Waals surface area contributed by atoms with Crippen molar-refractivity contribution in [2.45, 2.75) is 46.1 Å². The number of Topliss-reactive ketones (excluding diaryl/α,β-unsaturated/α-hetero) is 1. The predicted molar refractivity (Wildman–Crippen MR) is 104 cm³/mol. The summed E-state index contributed by atoms with van der Waals surface area (Å²) < 4.78 is 15.6. The van der Waals surface area contributed by atoms with Crippen molar-refractivity contribution in [3.8, 4) is 11.5 Å². The molecule has 1 fully saturated rings. The molecule has 2 rings (SSSR count). The lowest BCUT2D eigenvalue weighted by molar-refractivity contribution is -0.150. The van der Waals surface area contributed by atoms with Crippen LogP contribution in [-0.4, -0.2) is 44.0 Å². The van der Waals surface area contributed by atoms with Gasteiger partial charge >= 0.3 is 5.97 Å².